The molecule has 2 N–H and O–H groups in total. The van der Waals surface area contributed by atoms with Crippen LogP contribution in [0.15, 0.2) is 48.1 Å². The summed E-state index contributed by atoms with van der Waals surface area (Å²) in [6, 6.07) is 0. The van der Waals surface area contributed by atoms with Crippen LogP contribution in [0.25, 0.3) is 0 Å². The second-order valence-corrected chi connectivity index (χ2v) is 6.24. The minimum absolute atomic E-state index is 0. The van der Waals surface area contributed by atoms with Gasteiger partial charge in [-0.25, -0.2) is 0 Å². The number of aliphatic hydroxyl groups excluding tert-OH is 1. The number of aliphatic hydroxyl groups is 2. The summed E-state index contributed by atoms with van der Waals surface area (Å²) in [7, 11) is 0. The van der Waals surface area contributed by atoms with Crippen molar-refractivity contribution >= 4 is 11.8 Å². The van der Waals surface area contributed by atoms with Gasteiger partial charge in [0.15, 0.2) is 5.78 Å². The zero-order valence-electron chi connectivity index (χ0n) is 15.7. The normalized spacial score (nSPS) is 22.4. The van der Waals surface area contributed by atoms with E-state index in [1.54, 1.807) is 0 Å². The van der Waals surface area contributed by atoms with E-state index in [1.165, 1.54) is 36.8 Å². The van der Waals surface area contributed by atoms with Gasteiger partial charge in [-0.1, -0.05) is 50.1 Å². The molecule has 138 valence electrons. The molecule has 0 spiro atoms. The van der Waals surface area contributed by atoms with E-state index in [4.69, 9.17) is 0 Å². The van der Waals surface area contributed by atoms with Crippen molar-refractivity contribution in [3.8, 4) is 0 Å². The Morgan fingerprint density at radius 1 is 1.35 bits per heavy atom. The van der Waals surface area contributed by atoms with E-state index in [1.807, 2.05) is 12.2 Å². The zero-order valence-corrected chi connectivity index (χ0v) is 17.7. The number of unbranched alkanes of at least 4 members (excludes halogenated alkanes) is 3. The maximum absolute atomic E-state index is 11.9. The van der Waals surface area contributed by atoms with Crippen molar-refractivity contribution < 1.29 is 54.5 Å². The Morgan fingerprint density at radius 2 is 2.08 bits per heavy atom. The fraction of sp³-hybridized carbons (Fsp3) is 0.500. The number of rotatable bonds is 11. The summed E-state index contributed by atoms with van der Waals surface area (Å²) < 4.78 is 0. The fourth-order valence-corrected chi connectivity index (χ4v) is 2.55. The topological polar surface area (TPSA) is 97.7 Å². The van der Waals surface area contributed by atoms with Crippen molar-refractivity contribution in [2.24, 2.45) is 0 Å². The Bertz CT molecular complexity index is 577. The van der Waals surface area contributed by atoms with Crippen molar-refractivity contribution in [1.82, 2.24) is 0 Å². The van der Waals surface area contributed by atoms with Crippen LogP contribution in [-0.2, 0) is 9.59 Å². The van der Waals surface area contributed by atoms with Crippen LogP contribution in [0.5, 0.6) is 0 Å². The van der Waals surface area contributed by atoms with Crippen LogP contribution in [0.1, 0.15) is 51.9 Å². The van der Waals surface area contributed by atoms with Crippen LogP contribution < -0.4 is 34.7 Å². The minimum Gasteiger partial charge on any atom is -0.550 e. The molecule has 0 aromatic carbocycles. The van der Waals surface area contributed by atoms with E-state index < -0.39 is 17.7 Å². The summed E-state index contributed by atoms with van der Waals surface area (Å²) in [6.07, 6.45) is 14.6. The van der Waals surface area contributed by atoms with Crippen molar-refractivity contribution in [3.05, 3.63) is 48.1 Å². The van der Waals surface area contributed by atoms with E-state index in [2.05, 4.69) is 6.92 Å². The van der Waals surface area contributed by atoms with Gasteiger partial charge in [0.25, 0.3) is 0 Å². The van der Waals surface area contributed by atoms with Gasteiger partial charge in [-0.2, -0.15) is 0 Å². The summed E-state index contributed by atoms with van der Waals surface area (Å²) in [4.78, 5) is 22.3. The number of carboxylic acid groups (broad SMARTS) is 1. The molecule has 6 heteroatoms. The molecule has 1 aliphatic rings. The Labute approximate surface area is 177 Å². The van der Waals surface area contributed by atoms with Gasteiger partial charge in [-0.3, -0.25) is 4.79 Å². The third-order valence-electron chi connectivity index (χ3n) is 4.05. The van der Waals surface area contributed by atoms with Crippen LogP contribution >= 0.6 is 0 Å². The summed E-state index contributed by atoms with van der Waals surface area (Å²) in [5.41, 5.74) is -1.09. The Kier molecular flexibility index (Phi) is 12.7. The van der Waals surface area contributed by atoms with Crippen molar-refractivity contribution in [1.29, 1.82) is 0 Å². The summed E-state index contributed by atoms with van der Waals surface area (Å²) in [6.45, 7) is 2.14. The molecule has 0 bridgehead atoms. The molecule has 26 heavy (non-hydrogen) atoms. The summed E-state index contributed by atoms with van der Waals surface area (Å²) in [5.74, 6) is -1.49. The molecular formula is C20H27NaO5. The third-order valence-corrected chi connectivity index (χ3v) is 4.05. The number of carbonyl (C=O) groups excluding carboxylic acids is 2. The largest absolute Gasteiger partial charge is 1.00 e. The summed E-state index contributed by atoms with van der Waals surface area (Å²) >= 11 is 0. The molecule has 0 unspecified atom stereocenters. The number of carbonyl (C=O) groups is 2. The fourth-order valence-electron chi connectivity index (χ4n) is 2.55. The van der Waals surface area contributed by atoms with E-state index in [0.717, 1.165) is 19.3 Å². The van der Waals surface area contributed by atoms with E-state index in [9.17, 15) is 24.9 Å². The maximum atomic E-state index is 11.9. The van der Waals surface area contributed by atoms with Gasteiger partial charge in [0.05, 0.1) is 6.10 Å². The van der Waals surface area contributed by atoms with Crippen LogP contribution in [0.4, 0.5) is 0 Å². The Morgan fingerprint density at radius 3 is 2.73 bits per heavy atom. The van der Waals surface area contributed by atoms with Crippen LogP contribution in [0.3, 0.4) is 0 Å². The molecule has 2 atom stereocenters. The van der Waals surface area contributed by atoms with Crippen LogP contribution in [0, 0.1) is 0 Å². The Balaban J connectivity index is 0.00000625. The average molecular weight is 370 g/mol. The van der Waals surface area contributed by atoms with Gasteiger partial charge in [0, 0.05) is 18.0 Å². The molecule has 0 amide bonds. The molecule has 1 rings (SSSR count). The Hall–Kier alpha value is -0.980. The number of hydrogen-bond donors (Lipinski definition) is 2. The van der Waals surface area contributed by atoms with E-state index in [0.29, 0.717) is 6.42 Å². The zero-order chi connectivity index (χ0) is 18.7. The first kappa shape index (κ1) is 25.0. The molecule has 5 nitrogen and oxygen atoms in total. The van der Waals surface area contributed by atoms with Crippen molar-refractivity contribution in [3.63, 3.8) is 0 Å². The molecular weight excluding hydrogens is 343 g/mol. The first-order valence-electron chi connectivity index (χ1n) is 8.77. The van der Waals surface area contributed by atoms with Crippen molar-refractivity contribution in [2.45, 2.75) is 63.6 Å². The maximum Gasteiger partial charge on any atom is 1.00 e. The molecule has 0 saturated carbocycles. The molecule has 1 aliphatic carbocycles. The van der Waals surface area contributed by atoms with Gasteiger partial charge in [0.1, 0.15) is 5.60 Å². The predicted octanol–water partition coefficient (Wildman–Crippen LogP) is -1.24. The average Bonchev–Trinajstić information content (AvgIpc) is 2.85. The van der Waals surface area contributed by atoms with E-state index >= 15 is 0 Å². The van der Waals surface area contributed by atoms with Gasteiger partial charge in [0.2, 0.25) is 0 Å². The van der Waals surface area contributed by atoms with Gasteiger partial charge < -0.3 is 20.1 Å². The second-order valence-electron chi connectivity index (χ2n) is 6.24. The van der Waals surface area contributed by atoms with Crippen LogP contribution in [0.2, 0.25) is 0 Å². The number of ketones is 1. The molecule has 0 fully saturated rings. The predicted molar refractivity (Wildman–Crippen MR) is 94.5 cm³/mol. The van der Waals surface area contributed by atoms with Crippen LogP contribution in [-0.4, -0.2) is 33.7 Å². The quantitative estimate of drug-likeness (QED) is 0.205. The van der Waals surface area contributed by atoms with Crippen molar-refractivity contribution in [2.75, 3.05) is 0 Å². The van der Waals surface area contributed by atoms with Gasteiger partial charge in [-0.15, -0.1) is 0 Å². The molecule has 0 heterocycles. The molecule has 0 aliphatic heterocycles. The molecule has 0 aromatic rings. The summed E-state index contributed by atoms with van der Waals surface area (Å²) in [5, 5.41) is 30.6. The third kappa shape index (κ3) is 9.10. The minimum atomic E-state index is -1.33. The van der Waals surface area contributed by atoms with Gasteiger partial charge >= 0.3 is 29.6 Å². The SMILES string of the molecule is CCCCC/C=C\C[C@]1(O)C=CC(=O)/C1=C\C=C\[C@H](O)CCC(=O)[O-].[Na+]. The van der Waals surface area contributed by atoms with Gasteiger partial charge in [-0.05, 0) is 37.8 Å². The molecule has 0 aromatic heterocycles. The molecule has 0 saturated heterocycles. The first-order valence-corrected chi connectivity index (χ1v) is 8.77. The number of carboxylic acids is 1. The number of allylic oxidation sites excluding steroid dienone is 4. The smallest absolute Gasteiger partial charge is 0.550 e. The van der Waals surface area contributed by atoms with E-state index in [-0.39, 0.29) is 53.8 Å². The standard InChI is InChI=1S/C20H28O5.Na/c1-2-3-4-5-6-7-14-20(25)15-13-18(22)17(20)10-8-9-16(21)11-12-19(23)24;/h6-10,13,15-16,21,25H,2-5,11-12,14H2,1H3,(H,23,24);/q;+1/p-1/b7-6-,9-8+,17-10+;/t16-,20-;/m0./s1. The second kappa shape index (κ2) is 13.2. The monoisotopic (exact) mass is 370 g/mol. The first-order chi connectivity index (χ1) is 11.9. The molecule has 0 radical (unpaired) electrons. The number of aliphatic carboxylic acids is 1. The number of hydrogen-bond acceptors (Lipinski definition) is 5.